The Morgan fingerprint density at radius 1 is 0.493 bits per heavy atom. The van der Waals surface area contributed by atoms with E-state index in [4.69, 9.17) is 13.8 Å². The van der Waals surface area contributed by atoms with E-state index in [9.17, 15) is 19.0 Å². The van der Waals surface area contributed by atoms with Crippen molar-refractivity contribution in [1.29, 1.82) is 0 Å². The monoisotopic (exact) mass is 1040 g/mol. The maximum atomic E-state index is 13.5. The molecule has 0 bridgehead atoms. The van der Waals surface area contributed by atoms with Crippen molar-refractivity contribution in [2.75, 3.05) is 40.9 Å². The highest BCUT2D eigenvalue weighted by Crippen LogP contribution is 2.43. The van der Waals surface area contributed by atoms with Gasteiger partial charge in [-0.05, 0) is 76.7 Å². The predicted octanol–water partition coefficient (Wildman–Crippen LogP) is 18.0. The Kier molecular flexibility index (Phi) is 50.2. The molecule has 10 heteroatoms. The number of ether oxygens (including phenoxy) is 1. The fourth-order valence-corrected chi connectivity index (χ4v) is 8.82. The molecule has 0 aliphatic rings. The van der Waals surface area contributed by atoms with E-state index in [1.165, 1.54) is 122 Å². The minimum Gasteiger partial charge on any atom is -0.456 e. The van der Waals surface area contributed by atoms with Gasteiger partial charge in [-0.1, -0.05) is 247 Å². The number of likely N-dealkylation sites (N-methyl/N-ethyl adjacent to an activating group) is 1. The molecule has 2 N–H and O–H groups in total. The molecule has 0 saturated heterocycles. The Morgan fingerprint density at radius 3 is 1.37 bits per heavy atom. The minimum atomic E-state index is -4.46. The smallest absolute Gasteiger partial charge is 0.456 e. The second-order valence-corrected chi connectivity index (χ2v) is 22.4. The SMILES string of the molecule is CC\C=C/C=C/C=C/C=C\C=C\C=C\CCCCCC(=O)OC(/C=C/CCCCCCCCCCCCC)C(COP(=O)(O)OCC[N+](C)(C)C)NC(=O)CCCCCCCCC/C=C/CCCCCCCC. The summed E-state index contributed by atoms with van der Waals surface area (Å²) < 4.78 is 30.6. The first-order valence-corrected chi connectivity index (χ1v) is 31.1. The number of nitrogens with one attached hydrogen (secondary N) is 1. The lowest BCUT2D eigenvalue weighted by molar-refractivity contribution is -0.870. The summed E-state index contributed by atoms with van der Waals surface area (Å²) in [5.41, 5.74) is 0. The van der Waals surface area contributed by atoms with Crippen molar-refractivity contribution in [3.05, 3.63) is 97.2 Å². The van der Waals surface area contributed by atoms with Crippen molar-refractivity contribution in [2.45, 2.75) is 251 Å². The van der Waals surface area contributed by atoms with Crippen molar-refractivity contribution >= 4 is 19.7 Å². The highest BCUT2D eigenvalue weighted by molar-refractivity contribution is 7.47. The van der Waals surface area contributed by atoms with Gasteiger partial charge in [0.25, 0.3) is 0 Å². The van der Waals surface area contributed by atoms with E-state index in [1.807, 2.05) is 94.1 Å². The summed E-state index contributed by atoms with van der Waals surface area (Å²) in [7, 11) is 1.45. The van der Waals surface area contributed by atoms with Gasteiger partial charge in [-0.15, -0.1) is 0 Å². The van der Waals surface area contributed by atoms with Crippen molar-refractivity contribution in [1.82, 2.24) is 5.32 Å². The molecule has 3 atom stereocenters. The number of hydrogen-bond donors (Lipinski definition) is 2. The Morgan fingerprint density at radius 2 is 0.890 bits per heavy atom. The average Bonchev–Trinajstić information content (AvgIpc) is 3.35. The molecule has 0 aliphatic carbocycles. The van der Waals surface area contributed by atoms with Crippen molar-refractivity contribution in [3.63, 3.8) is 0 Å². The molecule has 3 unspecified atom stereocenters. The standard InChI is InChI=1S/C63H111N2O7P/c1-7-10-13-16-19-22-25-28-30-32-34-37-40-43-46-49-52-55-62(66)64-60(59-71-73(68,69)70-58-57-65(4,5)6)61(54-51-48-45-42-39-36-27-24-21-18-15-12-9-3)72-63(67)56-53-50-47-44-41-38-35-33-31-29-26-23-20-17-14-11-8-2/h11,14,17,20,23,26,28-31,33,35,38,41,51,54,60-61H,7-10,12-13,15-16,18-19,21-22,24-25,27,32,34,36-37,39-40,42-50,52-53,55-59H2,1-6H3,(H-,64,66,68,69)/p+1/b14-11-,20-17+,26-23+,30-28+,31-29-,35-33+,41-38+,54-51+. The van der Waals surface area contributed by atoms with E-state index in [0.717, 1.165) is 77.0 Å². The lowest BCUT2D eigenvalue weighted by Crippen LogP contribution is -2.47. The zero-order valence-corrected chi connectivity index (χ0v) is 48.7. The van der Waals surface area contributed by atoms with E-state index in [0.29, 0.717) is 23.9 Å². The highest BCUT2D eigenvalue weighted by atomic mass is 31.2. The van der Waals surface area contributed by atoms with Crippen LogP contribution >= 0.6 is 7.82 Å². The number of allylic oxidation sites excluding steroid dienone is 15. The molecule has 0 aromatic heterocycles. The van der Waals surface area contributed by atoms with Crippen LogP contribution in [0, 0.1) is 0 Å². The van der Waals surface area contributed by atoms with Crippen LogP contribution in [0.15, 0.2) is 97.2 Å². The zero-order chi connectivity index (χ0) is 53.6. The third-order valence-electron chi connectivity index (χ3n) is 12.7. The van der Waals surface area contributed by atoms with Gasteiger partial charge < -0.3 is 19.4 Å². The molecular formula is C63H112N2O7P+. The number of unbranched alkanes of at least 4 members (excludes halogenated alkanes) is 27. The number of rotatable bonds is 52. The average molecular weight is 1040 g/mol. The quantitative estimate of drug-likeness (QED) is 0.0156. The third kappa shape index (κ3) is 53.6. The molecule has 0 aromatic carbocycles. The topological polar surface area (TPSA) is 111 Å². The van der Waals surface area contributed by atoms with Crippen LogP contribution in [0.25, 0.3) is 0 Å². The summed E-state index contributed by atoms with van der Waals surface area (Å²) in [4.78, 5) is 37.6. The summed E-state index contributed by atoms with van der Waals surface area (Å²) in [6.07, 6.45) is 69.7. The van der Waals surface area contributed by atoms with E-state index in [2.05, 4.69) is 50.4 Å². The number of nitrogens with zero attached hydrogens (tertiary/aromatic N) is 1. The molecule has 1 amide bonds. The van der Waals surface area contributed by atoms with E-state index >= 15 is 0 Å². The van der Waals surface area contributed by atoms with Gasteiger partial charge in [0.2, 0.25) is 5.91 Å². The van der Waals surface area contributed by atoms with Crippen molar-refractivity contribution in [3.8, 4) is 0 Å². The molecule has 0 fully saturated rings. The van der Waals surface area contributed by atoms with Gasteiger partial charge >= 0.3 is 13.8 Å². The van der Waals surface area contributed by atoms with Crippen molar-refractivity contribution in [2.24, 2.45) is 0 Å². The van der Waals surface area contributed by atoms with Crippen LogP contribution in [-0.2, 0) is 27.9 Å². The molecule has 73 heavy (non-hydrogen) atoms. The van der Waals surface area contributed by atoms with Gasteiger partial charge in [0.05, 0.1) is 33.8 Å². The van der Waals surface area contributed by atoms with Gasteiger partial charge in [0.1, 0.15) is 19.3 Å². The Balaban J connectivity index is 5.45. The second kappa shape index (κ2) is 52.4. The van der Waals surface area contributed by atoms with Crippen molar-refractivity contribution < 1.29 is 37.3 Å². The number of hydrogen-bond acceptors (Lipinski definition) is 6. The molecule has 0 spiro atoms. The number of esters is 1. The maximum Gasteiger partial charge on any atom is 0.472 e. The lowest BCUT2D eigenvalue weighted by atomic mass is 10.0. The zero-order valence-electron chi connectivity index (χ0n) is 47.8. The predicted molar refractivity (Wildman–Crippen MR) is 314 cm³/mol. The van der Waals surface area contributed by atoms with Gasteiger partial charge in [-0.25, -0.2) is 4.57 Å². The second-order valence-electron chi connectivity index (χ2n) is 20.9. The summed E-state index contributed by atoms with van der Waals surface area (Å²) in [6, 6.07) is -0.874. The fourth-order valence-electron chi connectivity index (χ4n) is 8.08. The Labute approximate surface area is 449 Å². The molecule has 420 valence electrons. The van der Waals surface area contributed by atoms with Crippen LogP contribution in [0.3, 0.4) is 0 Å². The molecule has 0 heterocycles. The normalized spacial score (nSPS) is 14.5. The summed E-state index contributed by atoms with van der Waals surface area (Å²) >= 11 is 0. The maximum absolute atomic E-state index is 13.5. The largest absolute Gasteiger partial charge is 0.472 e. The number of phosphoric ester groups is 1. The van der Waals surface area contributed by atoms with Gasteiger partial charge in [0, 0.05) is 12.8 Å². The number of amides is 1. The molecule has 0 rings (SSSR count). The number of phosphoric acid groups is 1. The minimum absolute atomic E-state index is 0.0273. The van der Waals surface area contributed by atoms with Gasteiger partial charge in [-0.2, -0.15) is 0 Å². The van der Waals surface area contributed by atoms with E-state index in [-0.39, 0.29) is 31.5 Å². The summed E-state index contributed by atoms with van der Waals surface area (Å²) in [5, 5.41) is 3.04. The number of quaternary nitrogens is 1. The van der Waals surface area contributed by atoms with Crippen LogP contribution in [-0.4, -0.2) is 74.3 Å². The lowest BCUT2D eigenvalue weighted by Gasteiger charge is -2.27. The first-order valence-electron chi connectivity index (χ1n) is 29.6. The Hall–Kier alpha value is -3.07. The molecular weight excluding hydrogens is 928 g/mol. The summed E-state index contributed by atoms with van der Waals surface area (Å²) in [6.45, 7) is 6.82. The van der Waals surface area contributed by atoms with Crippen LogP contribution in [0.1, 0.15) is 239 Å². The molecule has 0 aromatic rings. The van der Waals surface area contributed by atoms with Crippen LogP contribution in [0.4, 0.5) is 0 Å². The first kappa shape index (κ1) is 69.9. The fraction of sp³-hybridized carbons (Fsp3) is 0.714. The third-order valence-corrected chi connectivity index (χ3v) is 13.7. The van der Waals surface area contributed by atoms with Gasteiger partial charge in [0.15, 0.2) is 0 Å². The van der Waals surface area contributed by atoms with E-state index < -0.39 is 20.0 Å². The first-order chi connectivity index (χ1) is 35.4. The highest BCUT2D eigenvalue weighted by Gasteiger charge is 2.30. The molecule has 0 aliphatic heterocycles. The van der Waals surface area contributed by atoms with Crippen LogP contribution in [0.5, 0.6) is 0 Å². The van der Waals surface area contributed by atoms with Gasteiger partial charge in [-0.3, -0.25) is 18.6 Å². The van der Waals surface area contributed by atoms with Crippen LogP contribution < -0.4 is 5.32 Å². The number of carbonyl (C=O) groups excluding carboxylic acids is 2. The van der Waals surface area contributed by atoms with E-state index in [1.54, 1.807) is 0 Å². The molecule has 0 radical (unpaired) electrons. The Bertz CT molecular complexity index is 1570. The summed E-state index contributed by atoms with van der Waals surface area (Å²) in [5.74, 6) is -0.564. The number of carbonyl (C=O) groups is 2. The van der Waals surface area contributed by atoms with Crippen LogP contribution in [0.2, 0.25) is 0 Å². The molecule has 9 nitrogen and oxygen atoms in total. The molecule has 0 saturated carbocycles.